The highest BCUT2D eigenvalue weighted by Crippen LogP contribution is 2.27. The Bertz CT molecular complexity index is 3670. The summed E-state index contributed by atoms with van der Waals surface area (Å²) in [7, 11) is -4.32. The van der Waals surface area contributed by atoms with E-state index in [-0.39, 0.29) is 53.6 Å². The van der Waals surface area contributed by atoms with Crippen molar-refractivity contribution < 1.29 is 44.2 Å². The summed E-state index contributed by atoms with van der Waals surface area (Å²) in [5.74, 6) is -0.177. The lowest BCUT2D eigenvalue weighted by atomic mass is 10.2. The van der Waals surface area contributed by atoms with Crippen LogP contribution in [-0.4, -0.2) is 159 Å². The summed E-state index contributed by atoms with van der Waals surface area (Å²) >= 11 is 0. The van der Waals surface area contributed by atoms with Crippen LogP contribution in [-0.2, 0) is 42.7 Å². The van der Waals surface area contributed by atoms with Crippen molar-refractivity contribution in [2.45, 2.75) is 82.7 Å². The van der Waals surface area contributed by atoms with E-state index >= 15 is 0 Å². The number of nitrogens with one attached hydrogen (secondary N) is 2. The largest absolute Gasteiger partial charge is 0.462 e. The maximum atomic E-state index is 14.2. The fraction of sp³-hybridized carbons (Fsp3) is 0.400. The van der Waals surface area contributed by atoms with E-state index in [1.54, 1.807) is 86.4 Å². The van der Waals surface area contributed by atoms with Gasteiger partial charge in [0, 0.05) is 95.8 Å². The summed E-state index contributed by atoms with van der Waals surface area (Å²) in [4.78, 5) is 39.0. The van der Waals surface area contributed by atoms with Gasteiger partial charge in [-0.1, -0.05) is 53.1 Å². The van der Waals surface area contributed by atoms with Gasteiger partial charge in [-0.2, -0.15) is 18.8 Å². The average molecular weight is 1180 g/mol. The zero-order valence-corrected chi connectivity index (χ0v) is 48.0. The Labute approximate surface area is 479 Å². The molecule has 0 amide bonds. The van der Waals surface area contributed by atoms with Crippen molar-refractivity contribution >= 4 is 37.7 Å². The number of aliphatic imine (C=N–C) groups is 1. The van der Waals surface area contributed by atoms with Gasteiger partial charge in [0.2, 0.25) is 10.0 Å². The van der Waals surface area contributed by atoms with Crippen molar-refractivity contribution in [3.63, 3.8) is 0 Å². The minimum atomic E-state index is -3.91. The number of hydrogen-bond donors (Lipinski definition) is 3. The first-order chi connectivity index (χ1) is 39.9. The molecule has 3 saturated heterocycles. The summed E-state index contributed by atoms with van der Waals surface area (Å²) in [6.45, 7) is 7.40. The van der Waals surface area contributed by atoms with Crippen LogP contribution in [0.15, 0.2) is 126 Å². The zero-order valence-electron chi connectivity index (χ0n) is 46.4. The Morgan fingerprint density at radius 1 is 0.759 bits per heavy atom. The van der Waals surface area contributed by atoms with E-state index in [1.165, 1.54) is 100 Å². The second-order valence-electron chi connectivity index (χ2n) is 19.8. The number of hydrogen-bond acceptors (Lipinski definition) is 18. The average Bonchev–Trinajstić information content (AvgIpc) is 4.34. The lowest BCUT2D eigenvalue weighted by Crippen LogP contribution is -2.34. The van der Waals surface area contributed by atoms with Gasteiger partial charge in [-0.3, -0.25) is 24.6 Å². The van der Waals surface area contributed by atoms with Crippen molar-refractivity contribution in [3.05, 3.63) is 141 Å². The maximum absolute atomic E-state index is 14.2. The van der Waals surface area contributed by atoms with E-state index in [4.69, 9.17) is 24.9 Å². The SMILES string of the molecule is C1CCC2=NCCCN2CC1.CCOC(=O)C(=CN(C)C)S(=O)(=O)N1CCCC1.N=C(N)c1cc(-c2ccon2)n(Cc2ccccc2F)n1.O=c1[nH]c(-c2cc(-c3ccon3)n(Cc3ccccc3F)n2)ncc1S(=O)(=O)N1CCCC1. The standard InChI is InChI=1S/C21H19FN6O4S.C14H12FN5O.C11H20N2O4S.C9H16N2/c22-15-6-2-1-5-14(15)13-28-18(16-7-10-32-26-16)11-17(25-28)20-23-12-19(21(29)24-20)33(30,31)27-8-3-4-9-27;15-10-4-2-1-3-9(10)8-20-13(11-5-6-21-19-11)7-12(18-20)14(16)17;1-4-17-11(14)10(9-12(2)3)18(15,16)13-7-5-6-8-13;1-2-5-9-10-6-4-8-11(9)7-3-1/h1-2,5-7,10-12H,3-4,8-9,13H2,(H,23,24,29);1-7H,8H2,(H3,16,17);9H,4-8H2,1-3H3;1-8H2. The number of esters is 1. The van der Waals surface area contributed by atoms with Crippen LogP contribution in [0.3, 0.4) is 0 Å². The van der Waals surface area contributed by atoms with Gasteiger partial charge in [0.25, 0.3) is 15.6 Å². The molecule has 0 unspecified atom stereocenters. The molecule has 24 nitrogen and oxygen atoms in total. The van der Waals surface area contributed by atoms with Gasteiger partial charge in [0.15, 0.2) is 15.6 Å². The highest BCUT2D eigenvalue weighted by Gasteiger charge is 2.35. The van der Waals surface area contributed by atoms with Crippen LogP contribution < -0.4 is 11.3 Å². The number of aromatic nitrogens is 8. The number of nitrogens with two attached hydrogens (primary N) is 1. The number of sulfonamides is 2. The molecule has 9 heterocycles. The van der Waals surface area contributed by atoms with Crippen LogP contribution in [0.1, 0.15) is 81.5 Å². The normalized spacial score (nSPS) is 15.8. The van der Waals surface area contributed by atoms with E-state index < -0.39 is 36.5 Å². The first kappa shape index (κ1) is 60.9. The Morgan fingerprint density at radius 3 is 1.88 bits per heavy atom. The first-order valence-corrected chi connectivity index (χ1v) is 30.0. The maximum Gasteiger partial charge on any atom is 0.352 e. The monoisotopic (exact) mass is 1180 g/mol. The molecule has 4 aliphatic rings. The Morgan fingerprint density at radius 2 is 1.33 bits per heavy atom. The molecule has 0 bridgehead atoms. The van der Waals surface area contributed by atoms with E-state index in [9.17, 15) is 35.2 Å². The molecule has 0 radical (unpaired) electrons. The summed E-state index contributed by atoms with van der Waals surface area (Å²) in [6.07, 6.45) is 15.0. The Balaban J connectivity index is 0.000000155. The molecule has 11 rings (SSSR count). The number of rotatable bonds is 15. The summed E-state index contributed by atoms with van der Waals surface area (Å²) in [5.41, 5.74) is 8.28. The van der Waals surface area contributed by atoms with E-state index in [0.29, 0.717) is 65.8 Å². The van der Waals surface area contributed by atoms with Crippen molar-refractivity contribution in [1.82, 2.24) is 58.3 Å². The van der Waals surface area contributed by atoms with Crippen LogP contribution in [0.2, 0.25) is 0 Å². The summed E-state index contributed by atoms with van der Waals surface area (Å²) in [5, 5.41) is 23.9. The minimum Gasteiger partial charge on any atom is -0.462 e. The number of fused-ring (bicyclic) bond motifs is 1. The van der Waals surface area contributed by atoms with E-state index in [0.717, 1.165) is 38.4 Å². The molecule has 28 heteroatoms. The van der Waals surface area contributed by atoms with Crippen molar-refractivity contribution in [3.8, 4) is 34.3 Å². The van der Waals surface area contributed by atoms with Gasteiger partial charge < -0.3 is 34.3 Å². The molecule has 0 saturated carbocycles. The number of carbonyl (C=O) groups is 1. The quantitative estimate of drug-likeness (QED) is 0.0438. The molecule has 4 N–H and O–H groups in total. The van der Waals surface area contributed by atoms with Gasteiger partial charge in [-0.05, 0) is 76.1 Å². The number of nitrogen functional groups attached to an aromatic ring is 1. The molecule has 2 aromatic carbocycles. The minimum absolute atomic E-state index is 0.0809. The number of benzene rings is 2. The van der Waals surface area contributed by atoms with Crippen LogP contribution in [0.25, 0.3) is 34.3 Å². The number of aromatic amines is 1. The fourth-order valence-electron chi connectivity index (χ4n) is 9.43. The van der Waals surface area contributed by atoms with E-state index in [2.05, 4.69) is 40.4 Å². The zero-order chi connectivity index (χ0) is 59.1. The number of H-pyrrole nitrogens is 1. The van der Waals surface area contributed by atoms with Gasteiger partial charge >= 0.3 is 5.97 Å². The molecule has 0 aliphatic carbocycles. The van der Waals surface area contributed by atoms with Crippen LogP contribution in [0.4, 0.5) is 8.78 Å². The molecule has 442 valence electrons. The number of ether oxygens (including phenoxy) is 1. The lowest BCUT2D eigenvalue weighted by Gasteiger charge is -2.27. The molecule has 0 atom stereocenters. The molecular weight excluding hydrogens is 1120 g/mol. The molecule has 83 heavy (non-hydrogen) atoms. The first-order valence-electron chi connectivity index (χ1n) is 27.2. The van der Waals surface area contributed by atoms with Crippen LogP contribution in [0, 0.1) is 17.0 Å². The smallest absolute Gasteiger partial charge is 0.352 e. The van der Waals surface area contributed by atoms with Gasteiger partial charge in [-0.15, -0.1) is 0 Å². The van der Waals surface area contributed by atoms with Crippen LogP contribution >= 0.6 is 0 Å². The van der Waals surface area contributed by atoms with Gasteiger partial charge in [0.1, 0.15) is 52.8 Å². The van der Waals surface area contributed by atoms with E-state index in [1.807, 2.05) is 0 Å². The molecule has 0 spiro atoms. The molecule has 3 fully saturated rings. The molecular formula is C55H67F2N15O9S2. The third kappa shape index (κ3) is 15.5. The number of halogens is 2. The van der Waals surface area contributed by atoms with Crippen molar-refractivity contribution in [1.29, 1.82) is 5.41 Å². The second kappa shape index (κ2) is 28.2. The lowest BCUT2D eigenvalue weighted by molar-refractivity contribution is -0.137. The van der Waals surface area contributed by atoms with Crippen molar-refractivity contribution in [2.24, 2.45) is 10.7 Å². The molecule has 4 aliphatic heterocycles. The number of carbonyl (C=O) groups excluding carboxylic acids is 1. The van der Waals surface area contributed by atoms with Crippen LogP contribution in [0.5, 0.6) is 0 Å². The topological polar surface area (TPSA) is 303 Å². The highest BCUT2D eigenvalue weighted by molar-refractivity contribution is 7.94. The third-order valence-corrected chi connectivity index (χ3v) is 17.4. The fourth-order valence-corrected chi connectivity index (χ4v) is 12.6. The molecule has 5 aromatic heterocycles. The highest BCUT2D eigenvalue weighted by atomic mass is 32.2. The predicted octanol–water partition coefficient (Wildman–Crippen LogP) is 6.31. The molecule has 7 aromatic rings. The summed E-state index contributed by atoms with van der Waals surface area (Å²) in [6, 6.07) is 19.3. The van der Waals surface area contributed by atoms with Gasteiger partial charge in [0.05, 0.1) is 43.1 Å². The Kier molecular flexibility index (Phi) is 20.7. The number of nitrogens with zero attached hydrogens (tertiary/aromatic N) is 12. The van der Waals surface area contributed by atoms with Gasteiger partial charge in [-0.25, -0.2) is 35.4 Å². The van der Waals surface area contributed by atoms with Crippen molar-refractivity contribution in [2.75, 3.05) is 66.5 Å². The summed E-state index contributed by atoms with van der Waals surface area (Å²) < 4.78 is 98.3. The Hall–Kier alpha value is -8.21. The second-order valence-corrected chi connectivity index (χ2v) is 23.6. The predicted molar refractivity (Wildman–Crippen MR) is 304 cm³/mol. The number of amidine groups is 2. The third-order valence-electron chi connectivity index (χ3n) is 13.6.